The van der Waals surface area contributed by atoms with E-state index in [4.69, 9.17) is 0 Å². The normalized spacial score (nSPS) is 10.2. The van der Waals surface area contributed by atoms with Gasteiger partial charge in [0.05, 0.1) is 9.85 Å². The predicted octanol–water partition coefficient (Wildman–Crippen LogP) is 3.08. The van der Waals surface area contributed by atoms with Crippen molar-refractivity contribution in [2.45, 2.75) is 0 Å². The summed E-state index contributed by atoms with van der Waals surface area (Å²) in [7, 11) is 3.82. The Morgan fingerprint density at radius 2 is 1.00 bits per heavy atom. The van der Waals surface area contributed by atoms with Crippen LogP contribution in [0.4, 0.5) is 22.7 Å². The third kappa shape index (κ3) is 4.19. The van der Waals surface area contributed by atoms with Crippen molar-refractivity contribution in [2.24, 2.45) is 0 Å². The minimum Gasteiger partial charge on any atom is -0.373 e. The number of rotatable bonds is 7. The van der Waals surface area contributed by atoms with Crippen LogP contribution in [0.5, 0.6) is 0 Å². The lowest BCUT2D eigenvalue weighted by molar-refractivity contribution is -0.385. The van der Waals surface area contributed by atoms with E-state index in [9.17, 15) is 20.2 Å². The van der Waals surface area contributed by atoms with E-state index in [-0.39, 0.29) is 11.4 Å². The highest BCUT2D eigenvalue weighted by Crippen LogP contribution is 2.20. The van der Waals surface area contributed by atoms with Crippen LogP contribution in [-0.4, -0.2) is 37.0 Å². The van der Waals surface area contributed by atoms with Crippen LogP contribution in [0.3, 0.4) is 0 Å². The Hall–Kier alpha value is -3.16. The van der Waals surface area contributed by atoms with Crippen LogP contribution < -0.4 is 9.80 Å². The van der Waals surface area contributed by atoms with Crippen molar-refractivity contribution in [3.05, 3.63) is 68.8 Å². The Morgan fingerprint density at radius 3 is 1.25 bits per heavy atom. The van der Waals surface area contributed by atoms with Crippen molar-refractivity contribution < 1.29 is 9.85 Å². The van der Waals surface area contributed by atoms with Gasteiger partial charge in [-0.3, -0.25) is 20.2 Å². The molecule has 0 heterocycles. The van der Waals surface area contributed by atoms with E-state index in [1.807, 2.05) is 23.9 Å². The average molecular weight is 330 g/mol. The zero-order chi connectivity index (χ0) is 17.7. The molecule has 0 saturated carbocycles. The fraction of sp³-hybridized carbons (Fsp3) is 0.250. The smallest absolute Gasteiger partial charge is 0.269 e. The number of nitro groups is 2. The SMILES string of the molecule is CN(CCN(C)c1ccc([N+](=O)[O-])cc1)c1ccc([N+](=O)[O-])cc1. The quantitative estimate of drug-likeness (QED) is 0.572. The summed E-state index contributed by atoms with van der Waals surface area (Å²) in [6.07, 6.45) is 0. The van der Waals surface area contributed by atoms with E-state index in [1.165, 1.54) is 24.3 Å². The molecule has 2 aromatic rings. The molecule has 0 unspecified atom stereocenters. The topological polar surface area (TPSA) is 92.8 Å². The van der Waals surface area contributed by atoms with Crippen LogP contribution >= 0.6 is 0 Å². The van der Waals surface area contributed by atoms with E-state index in [0.717, 1.165) is 11.4 Å². The Balaban J connectivity index is 1.93. The highest BCUT2D eigenvalue weighted by Gasteiger charge is 2.09. The van der Waals surface area contributed by atoms with Crippen LogP contribution in [0.1, 0.15) is 0 Å². The molecule has 2 rings (SSSR count). The van der Waals surface area contributed by atoms with Crippen molar-refractivity contribution in [1.82, 2.24) is 0 Å². The summed E-state index contributed by atoms with van der Waals surface area (Å²) in [6.45, 7) is 1.40. The van der Waals surface area contributed by atoms with E-state index in [2.05, 4.69) is 0 Å². The number of nitrogens with zero attached hydrogens (tertiary/aromatic N) is 4. The summed E-state index contributed by atoms with van der Waals surface area (Å²) in [5.41, 5.74) is 1.90. The fourth-order valence-electron chi connectivity index (χ4n) is 2.22. The number of benzene rings is 2. The number of non-ortho nitro benzene ring substituents is 2. The minimum atomic E-state index is -0.424. The molecule has 0 aliphatic heterocycles. The van der Waals surface area contributed by atoms with Gasteiger partial charge in [0.15, 0.2) is 0 Å². The molecule has 0 aliphatic carbocycles. The van der Waals surface area contributed by atoms with Crippen LogP contribution in [0, 0.1) is 20.2 Å². The van der Waals surface area contributed by atoms with Crippen LogP contribution in [0.15, 0.2) is 48.5 Å². The molecule has 0 atom stereocenters. The highest BCUT2D eigenvalue weighted by molar-refractivity contribution is 5.52. The maximum Gasteiger partial charge on any atom is 0.269 e. The lowest BCUT2D eigenvalue weighted by atomic mass is 10.2. The summed E-state index contributed by atoms with van der Waals surface area (Å²) in [5.74, 6) is 0. The summed E-state index contributed by atoms with van der Waals surface area (Å²) in [4.78, 5) is 24.5. The lowest BCUT2D eigenvalue weighted by Crippen LogP contribution is -2.30. The molecular weight excluding hydrogens is 312 g/mol. The first-order chi connectivity index (χ1) is 11.4. The molecule has 0 spiro atoms. The molecule has 24 heavy (non-hydrogen) atoms. The molecule has 0 aliphatic rings. The second kappa shape index (κ2) is 7.40. The molecule has 0 aromatic heterocycles. The molecule has 0 fully saturated rings. The predicted molar refractivity (Wildman–Crippen MR) is 92.7 cm³/mol. The van der Waals surface area contributed by atoms with Crippen molar-refractivity contribution >= 4 is 22.7 Å². The van der Waals surface area contributed by atoms with E-state index < -0.39 is 9.85 Å². The molecule has 8 heteroatoms. The summed E-state index contributed by atoms with van der Waals surface area (Å²) < 4.78 is 0. The second-order valence-corrected chi connectivity index (χ2v) is 5.39. The first kappa shape index (κ1) is 17.2. The summed E-state index contributed by atoms with van der Waals surface area (Å²) in [5, 5.41) is 21.3. The van der Waals surface area contributed by atoms with Crippen molar-refractivity contribution in [3.8, 4) is 0 Å². The number of likely N-dealkylation sites (N-methyl/N-ethyl adjacent to an activating group) is 2. The Labute approximate surface area is 139 Å². The van der Waals surface area contributed by atoms with E-state index in [0.29, 0.717) is 13.1 Å². The number of anilines is 2. The van der Waals surface area contributed by atoms with Gasteiger partial charge in [-0.25, -0.2) is 0 Å². The third-order valence-corrected chi connectivity index (χ3v) is 3.77. The first-order valence-electron chi connectivity index (χ1n) is 7.29. The molecule has 126 valence electrons. The van der Waals surface area contributed by atoms with E-state index in [1.54, 1.807) is 24.3 Å². The third-order valence-electron chi connectivity index (χ3n) is 3.77. The Kier molecular flexibility index (Phi) is 5.31. The zero-order valence-electron chi connectivity index (χ0n) is 13.5. The Morgan fingerprint density at radius 1 is 0.708 bits per heavy atom. The van der Waals surface area contributed by atoms with Gasteiger partial charge >= 0.3 is 0 Å². The molecular formula is C16H18N4O4. The number of nitro benzene ring substituents is 2. The van der Waals surface area contributed by atoms with Crippen LogP contribution in [-0.2, 0) is 0 Å². The fourth-order valence-corrected chi connectivity index (χ4v) is 2.22. The van der Waals surface area contributed by atoms with Crippen molar-refractivity contribution in [1.29, 1.82) is 0 Å². The van der Waals surface area contributed by atoms with Gasteiger partial charge in [0.2, 0.25) is 0 Å². The standard InChI is InChI=1S/C16H18N4O4/c1-17(13-3-7-15(8-4-13)19(21)22)11-12-18(2)14-5-9-16(10-6-14)20(23)24/h3-10H,11-12H2,1-2H3. The van der Waals surface area contributed by atoms with Gasteiger partial charge in [0, 0.05) is 62.8 Å². The Bertz CT molecular complexity index is 652. The van der Waals surface area contributed by atoms with E-state index >= 15 is 0 Å². The van der Waals surface area contributed by atoms with Gasteiger partial charge in [-0.05, 0) is 24.3 Å². The van der Waals surface area contributed by atoms with Gasteiger partial charge < -0.3 is 9.80 Å². The molecule has 8 nitrogen and oxygen atoms in total. The van der Waals surface area contributed by atoms with Crippen molar-refractivity contribution in [3.63, 3.8) is 0 Å². The zero-order valence-corrected chi connectivity index (χ0v) is 13.5. The maximum absolute atomic E-state index is 10.7. The monoisotopic (exact) mass is 330 g/mol. The molecule has 2 aromatic carbocycles. The molecule has 0 bridgehead atoms. The maximum atomic E-state index is 10.7. The number of hydrogen-bond donors (Lipinski definition) is 0. The van der Waals surface area contributed by atoms with Crippen LogP contribution in [0.25, 0.3) is 0 Å². The molecule has 0 radical (unpaired) electrons. The summed E-state index contributed by atoms with van der Waals surface area (Å²) in [6, 6.07) is 12.8. The van der Waals surface area contributed by atoms with Gasteiger partial charge in [-0.15, -0.1) is 0 Å². The second-order valence-electron chi connectivity index (χ2n) is 5.39. The molecule has 0 saturated heterocycles. The first-order valence-corrected chi connectivity index (χ1v) is 7.29. The summed E-state index contributed by atoms with van der Waals surface area (Å²) >= 11 is 0. The van der Waals surface area contributed by atoms with Crippen LogP contribution in [0.2, 0.25) is 0 Å². The average Bonchev–Trinajstić information content (AvgIpc) is 2.59. The highest BCUT2D eigenvalue weighted by atomic mass is 16.6. The lowest BCUT2D eigenvalue weighted by Gasteiger charge is -2.25. The van der Waals surface area contributed by atoms with Gasteiger partial charge in [0.25, 0.3) is 11.4 Å². The molecule has 0 N–H and O–H groups in total. The largest absolute Gasteiger partial charge is 0.373 e. The van der Waals surface area contributed by atoms with Crippen molar-refractivity contribution in [2.75, 3.05) is 37.0 Å². The van der Waals surface area contributed by atoms with Gasteiger partial charge in [-0.2, -0.15) is 0 Å². The van der Waals surface area contributed by atoms with Gasteiger partial charge in [0.1, 0.15) is 0 Å². The minimum absolute atomic E-state index is 0.0650. The molecule has 0 amide bonds. The number of hydrogen-bond acceptors (Lipinski definition) is 6. The van der Waals surface area contributed by atoms with Gasteiger partial charge in [-0.1, -0.05) is 0 Å².